The fraction of sp³-hybridized carbons (Fsp3) is 0.167. The Morgan fingerprint density at radius 3 is 2.67 bits per heavy atom. The van der Waals surface area contributed by atoms with E-state index in [1.807, 2.05) is 43.3 Å². The van der Waals surface area contributed by atoms with Crippen LogP contribution in [0.4, 0.5) is 5.69 Å². The fourth-order valence-electron chi connectivity index (χ4n) is 1.94. The summed E-state index contributed by atoms with van der Waals surface area (Å²) in [6.07, 6.45) is 0.444. The molecule has 0 saturated heterocycles. The Morgan fingerprint density at radius 2 is 1.95 bits per heavy atom. The van der Waals surface area contributed by atoms with Crippen LogP contribution in [-0.2, 0) is 0 Å². The molecule has 0 aliphatic heterocycles. The van der Waals surface area contributed by atoms with Gasteiger partial charge >= 0.3 is 0 Å². The number of hydrogen-bond donors (Lipinski definition) is 2. The van der Waals surface area contributed by atoms with Crippen molar-refractivity contribution in [1.29, 1.82) is 0 Å². The van der Waals surface area contributed by atoms with Gasteiger partial charge in [0.2, 0.25) is 0 Å². The van der Waals surface area contributed by atoms with Gasteiger partial charge in [0.15, 0.2) is 0 Å². The molecule has 3 heteroatoms. The third-order valence-corrected chi connectivity index (χ3v) is 2.84. The van der Waals surface area contributed by atoms with E-state index in [0.717, 1.165) is 16.8 Å². The number of carbonyl (C=O) groups excluding carboxylic acids is 1. The van der Waals surface area contributed by atoms with Crippen molar-refractivity contribution < 1.29 is 9.90 Å². The lowest BCUT2D eigenvalue weighted by atomic mass is 10.1. The summed E-state index contributed by atoms with van der Waals surface area (Å²) in [6, 6.07) is 14.8. The number of aliphatic hydroxyl groups is 1. The monoisotopic (exact) mass is 279 g/mol. The maximum atomic E-state index is 12.1. The highest BCUT2D eigenvalue weighted by atomic mass is 16.2. The average molecular weight is 279 g/mol. The molecule has 0 saturated carbocycles. The van der Waals surface area contributed by atoms with Gasteiger partial charge in [-0.2, -0.15) is 0 Å². The molecule has 0 unspecified atom stereocenters. The minimum Gasteiger partial charge on any atom is -0.395 e. The predicted molar refractivity (Wildman–Crippen MR) is 84.2 cm³/mol. The lowest BCUT2D eigenvalue weighted by Crippen LogP contribution is -2.11. The van der Waals surface area contributed by atoms with Gasteiger partial charge in [0.25, 0.3) is 5.91 Å². The van der Waals surface area contributed by atoms with Crippen molar-refractivity contribution in [2.24, 2.45) is 0 Å². The standard InChI is InChI=1S/C18H17NO2/c1-14-11-15(7-5-6-10-20)13-17(12-14)19-18(21)16-8-3-2-4-9-16/h2-4,8-9,11-13,20H,6,10H2,1H3,(H,19,21). The maximum Gasteiger partial charge on any atom is 0.255 e. The van der Waals surface area contributed by atoms with E-state index in [1.54, 1.807) is 12.1 Å². The first-order valence-electron chi connectivity index (χ1n) is 6.77. The Hall–Kier alpha value is -2.57. The van der Waals surface area contributed by atoms with Gasteiger partial charge in [-0.1, -0.05) is 30.0 Å². The molecule has 1 amide bonds. The van der Waals surface area contributed by atoms with Crippen LogP contribution in [0.5, 0.6) is 0 Å². The molecule has 2 aromatic rings. The van der Waals surface area contributed by atoms with Gasteiger partial charge in [0.05, 0.1) is 6.61 Å². The average Bonchev–Trinajstić information content (AvgIpc) is 2.48. The molecule has 2 aromatic carbocycles. The van der Waals surface area contributed by atoms with E-state index in [9.17, 15) is 4.79 Å². The van der Waals surface area contributed by atoms with Crippen molar-refractivity contribution in [2.45, 2.75) is 13.3 Å². The third-order valence-electron chi connectivity index (χ3n) is 2.84. The lowest BCUT2D eigenvalue weighted by Gasteiger charge is -2.07. The van der Waals surface area contributed by atoms with Gasteiger partial charge in [0.1, 0.15) is 0 Å². The molecule has 0 aromatic heterocycles. The number of anilines is 1. The predicted octanol–water partition coefficient (Wildman–Crippen LogP) is 2.98. The highest BCUT2D eigenvalue weighted by Gasteiger charge is 2.05. The second-order valence-corrected chi connectivity index (χ2v) is 4.68. The molecule has 0 fully saturated rings. The van der Waals surface area contributed by atoms with Crippen LogP contribution in [-0.4, -0.2) is 17.6 Å². The number of aryl methyl sites for hydroxylation is 1. The van der Waals surface area contributed by atoms with Crippen molar-refractivity contribution in [1.82, 2.24) is 0 Å². The molecule has 0 atom stereocenters. The second-order valence-electron chi connectivity index (χ2n) is 4.68. The first-order valence-corrected chi connectivity index (χ1v) is 6.77. The molecular weight excluding hydrogens is 262 g/mol. The molecule has 106 valence electrons. The number of aliphatic hydroxyl groups excluding tert-OH is 1. The van der Waals surface area contributed by atoms with Gasteiger partial charge in [-0.25, -0.2) is 0 Å². The van der Waals surface area contributed by atoms with E-state index in [4.69, 9.17) is 5.11 Å². The Balaban J connectivity index is 2.17. The summed E-state index contributed by atoms with van der Waals surface area (Å²) in [7, 11) is 0. The van der Waals surface area contributed by atoms with Crippen molar-refractivity contribution in [3.63, 3.8) is 0 Å². The van der Waals surface area contributed by atoms with Crippen LogP contribution in [0.15, 0.2) is 48.5 Å². The normalized spacial score (nSPS) is 9.62. The zero-order chi connectivity index (χ0) is 15.1. The third kappa shape index (κ3) is 4.48. The first kappa shape index (κ1) is 14.8. The van der Waals surface area contributed by atoms with Crippen LogP contribution in [0.2, 0.25) is 0 Å². The number of hydrogen-bond acceptors (Lipinski definition) is 2. The molecular formula is C18H17NO2. The second kappa shape index (κ2) is 7.28. The van der Waals surface area contributed by atoms with Crippen LogP contribution >= 0.6 is 0 Å². The van der Waals surface area contributed by atoms with Crippen LogP contribution in [0.25, 0.3) is 0 Å². The zero-order valence-corrected chi connectivity index (χ0v) is 11.9. The molecule has 3 nitrogen and oxygen atoms in total. The Morgan fingerprint density at radius 1 is 1.19 bits per heavy atom. The quantitative estimate of drug-likeness (QED) is 0.849. The first-order chi connectivity index (χ1) is 10.2. The van der Waals surface area contributed by atoms with E-state index in [2.05, 4.69) is 17.2 Å². The van der Waals surface area contributed by atoms with Crippen LogP contribution in [0, 0.1) is 18.8 Å². The summed E-state index contributed by atoms with van der Waals surface area (Å²) < 4.78 is 0. The van der Waals surface area contributed by atoms with Crippen molar-refractivity contribution in [3.05, 3.63) is 65.2 Å². The molecule has 0 aliphatic carbocycles. The summed E-state index contributed by atoms with van der Waals surface area (Å²) >= 11 is 0. The van der Waals surface area contributed by atoms with E-state index >= 15 is 0 Å². The molecule has 2 N–H and O–H groups in total. The molecule has 0 spiro atoms. The molecule has 0 heterocycles. The molecule has 0 radical (unpaired) electrons. The summed E-state index contributed by atoms with van der Waals surface area (Å²) in [5.41, 5.74) is 3.19. The van der Waals surface area contributed by atoms with Crippen molar-refractivity contribution >= 4 is 11.6 Å². The smallest absolute Gasteiger partial charge is 0.255 e. The van der Waals surface area contributed by atoms with E-state index in [1.165, 1.54) is 0 Å². The summed E-state index contributed by atoms with van der Waals surface area (Å²) in [5, 5.41) is 11.6. The zero-order valence-electron chi connectivity index (χ0n) is 11.9. The lowest BCUT2D eigenvalue weighted by molar-refractivity contribution is 0.102. The summed E-state index contributed by atoms with van der Waals surface area (Å²) in [4.78, 5) is 12.1. The van der Waals surface area contributed by atoms with Crippen molar-refractivity contribution in [2.75, 3.05) is 11.9 Å². The number of rotatable bonds is 3. The number of carbonyl (C=O) groups is 1. The van der Waals surface area contributed by atoms with Gasteiger partial charge in [0, 0.05) is 23.2 Å². The topological polar surface area (TPSA) is 49.3 Å². The minimum absolute atomic E-state index is 0.0520. The Kier molecular flexibility index (Phi) is 5.14. The van der Waals surface area contributed by atoms with E-state index < -0.39 is 0 Å². The number of amides is 1. The highest BCUT2D eigenvalue weighted by molar-refractivity contribution is 6.04. The van der Waals surface area contributed by atoms with Crippen LogP contribution in [0.3, 0.4) is 0 Å². The van der Waals surface area contributed by atoms with Gasteiger partial charge < -0.3 is 10.4 Å². The van der Waals surface area contributed by atoms with Crippen LogP contribution in [0.1, 0.15) is 27.9 Å². The van der Waals surface area contributed by atoms with Crippen molar-refractivity contribution in [3.8, 4) is 11.8 Å². The van der Waals surface area contributed by atoms with Crippen LogP contribution < -0.4 is 5.32 Å². The molecule has 21 heavy (non-hydrogen) atoms. The highest BCUT2D eigenvalue weighted by Crippen LogP contribution is 2.15. The molecule has 2 rings (SSSR count). The van der Waals surface area contributed by atoms with Gasteiger partial charge in [-0.15, -0.1) is 0 Å². The summed E-state index contributed by atoms with van der Waals surface area (Å²) in [5.74, 6) is 5.71. The Bertz CT molecular complexity index is 681. The van der Waals surface area contributed by atoms with Gasteiger partial charge in [-0.05, 0) is 42.8 Å². The SMILES string of the molecule is Cc1cc(C#CCCO)cc(NC(=O)c2ccccc2)c1. The van der Waals surface area contributed by atoms with Gasteiger partial charge in [-0.3, -0.25) is 4.79 Å². The molecule has 0 aliphatic rings. The summed E-state index contributed by atoms with van der Waals surface area (Å²) in [6.45, 7) is 2.01. The Labute approximate surface area is 124 Å². The number of benzene rings is 2. The largest absolute Gasteiger partial charge is 0.395 e. The fourth-order valence-corrected chi connectivity index (χ4v) is 1.94. The van der Waals surface area contributed by atoms with E-state index in [0.29, 0.717) is 12.0 Å². The van der Waals surface area contributed by atoms with E-state index in [-0.39, 0.29) is 12.5 Å². The minimum atomic E-state index is -0.143. The molecule has 0 bridgehead atoms. The number of nitrogens with one attached hydrogen (secondary N) is 1. The maximum absolute atomic E-state index is 12.1.